The SMILES string of the molecule is COC(=O)[C@H](CC(C)C)NC(=O)C(N)CC(=O)O. The average Bonchev–Trinajstić information content (AvgIpc) is 2.25. The van der Waals surface area contributed by atoms with Crippen molar-refractivity contribution in [1.29, 1.82) is 0 Å². The number of esters is 1. The Morgan fingerprint density at radius 3 is 2.28 bits per heavy atom. The van der Waals surface area contributed by atoms with Crippen molar-refractivity contribution >= 4 is 17.8 Å². The van der Waals surface area contributed by atoms with E-state index < -0.39 is 36.4 Å². The van der Waals surface area contributed by atoms with E-state index in [0.29, 0.717) is 6.42 Å². The minimum atomic E-state index is -1.18. The summed E-state index contributed by atoms with van der Waals surface area (Å²) in [4.78, 5) is 33.4. The van der Waals surface area contributed by atoms with Crippen LogP contribution in [-0.4, -0.2) is 42.1 Å². The fourth-order valence-electron chi connectivity index (χ4n) is 1.39. The number of nitrogens with two attached hydrogens (primary N) is 1. The summed E-state index contributed by atoms with van der Waals surface area (Å²) in [6.07, 6.45) is -0.0837. The maximum Gasteiger partial charge on any atom is 0.328 e. The number of carbonyl (C=O) groups is 3. The third-order valence-corrected chi connectivity index (χ3v) is 2.24. The molecule has 0 fully saturated rings. The molecule has 0 aliphatic heterocycles. The lowest BCUT2D eigenvalue weighted by molar-refractivity contribution is -0.146. The highest BCUT2D eigenvalue weighted by Crippen LogP contribution is 2.06. The molecule has 0 saturated carbocycles. The molecule has 0 aliphatic rings. The number of hydrogen-bond acceptors (Lipinski definition) is 5. The highest BCUT2D eigenvalue weighted by molar-refractivity contribution is 5.89. The zero-order valence-electron chi connectivity index (χ0n) is 10.8. The van der Waals surface area contributed by atoms with Crippen LogP contribution in [0, 0.1) is 5.92 Å². The molecule has 0 aromatic rings. The molecule has 1 amide bonds. The largest absolute Gasteiger partial charge is 0.481 e. The molecule has 4 N–H and O–H groups in total. The summed E-state index contributed by atoms with van der Waals surface area (Å²) >= 11 is 0. The third kappa shape index (κ3) is 6.19. The van der Waals surface area contributed by atoms with Crippen molar-refractivity contribution in [3.05, 3.63) is 0 Å². The summed E-state index contributed by atoms with van der Waals surface area (Å²) in [6.45, 7) is 3.78. The Kier molecular flexibility index (Phi) is 6.96. The summed E-state index contributed by atoms with van der Waals surface area (Å²) in [7, 11) is 1.22. The second kappa shape index (κ2) is 7.65. The number of rotatable bonds is 7. The minimum absolute atomic E-state index is 0.171. The smallest absolute Gasteiger partial charge is 0.328 e. The number of methoxy groups -OCH3 is 1. The molecule has 18 heavy (non-hydrogen) atoms. The number of hydrogen-bond donors (Lipinski definition) is 3. The van der Waals surface area contributed by atoms with Gasteiger partial charge in [-0.05, 0) is 12.3 Å². The summed E-state index contributed by atoms with van der Waals surface area (Å²) in [5, 5.41) is 10.9. The first-order valence-corrected chi connectivity index (χ1v) is 5.63. The molecule has 104 valence electrons. The minimum Gasteiger partial charge on any atom is -0.481 e. The van der Waals surface area contributed by atoms with E-state index in [1.807, 2.05) is 13.8 Å². The summed E-state index contributed by atoms with van der Waals surface area (Å²) < 4.78 is 4.56. The van der Waals surface area contributed by atoms with Gasteiger partial charge in [0.15, 0.2) is 0 Å². The molecule has 1 unspecified atom stereocenters. The van der Waals surface area contributed by atoms with Crippen LogP contribution in [0.2, 0.25) is 0 Å². The van der Waals surface area contributed by atoms with Crippen molar-refractivity contribution in [3.8, 4) is 0 Å². The van der Waals surface area contributed by atoms with Crippen molar-refractivity contribution < 1.29 is 24.2 Å². The van der Waals surface area contributed by atoms with Crippen LogP contribution in [0.5, 0.6) is 0 Å². The molecule has 7 heteroatoms. The van der Waals surface area contributed by atoms with E-state index in [1.165, 1.54) is 7.11 Å². The van der Waals surface area contributed by atoms with Crippen LogP contribution < -0.4 is 11.1 Å². The van der Waals surface area contributed by atoms with Crippen molar-refractivity contribution in [3.63, 3.8) is 0 Å². The molecule has 0 saturated heterocycles. The molecule has 0 rings (SSSR count). The Morgan fingerprint density at radius 1 is 1.33 bits per heavy atom. The van der Waals surface area contributed by atoms with Gasteiger partial charge in [0.1, 0.15) is 6.04 Å². The Bertz CT molecular complexity index is 317. The van der Waals surface area contributed by atoms with Crippen LogP contribution in [0.3, 0.4) is 0 Å². The molecular formula is C11H20N2O5. The number of nitrogens with one attached hydrogen (secondary N) is 1. The highest BCUT2D eigenvalue weighted by Gasteiger charge is 2.26. The fraction of sp³-hybridized carbons (Fsp3) is 0.727. The lowest BCUT2D eigenvalue weighted by Crippen LogP contribution is -2.49. The van der Waals surface area contributed by atoms with Gasteiger partial charge in [-0.3, -0.25) is 9.59 Å². The van der Waals surface area contributed by atoms with Crippen LogP contribution in [0.15, 0.2) is 0 Å². The van der Waals surface area contributed by atoms with Gasteiger partial charge in [-0.15, -0.1) is 0 Å². The highest BCUT2D eigenvalue weighted by atomic mass is 16.5. The summed E-state index contributed by atoms with van der Waals surface area (Å²) in [5.74, 6) is -2.24. The molecule has 0 radical (unpaired) electrons. The van der Waals surface area contributed by atoms with Crippen molar-refractivity contribution in [2.24, 2.45) is 11.7 Å². The zero-order valence-corrected chi connectivity index (χ0v) is 10.8. The number of ether oxygens (including phenoxy) is 1. The number of carbonyl (C=O) groups excluding carboxylic acids is 2. The molecular weight excluding hydrogens is 240 g/mol. The van der Waals surface area contributed by atoms with Gasteiger partial charge in [0.05, 0.1) is 19.6 Å². The molecule has 7 nitrogen and oxygen atoms in total. The molecule has 0 aromatic carbocycles. The van der Waals surface area contributed by atoms with E-state index in [1.54, 1.807) is 0 Å². The maximum absolute atomic E-state index is 11.6. The molecule has 0 aliphatic carbocycles. The predicted molar refractivity (Wildman–Crippen MR) is 63.6 cm³/mol. The van der Waals surface area contributed by atoms with E-state index in [0.717, 1.165) is 0 Å². The Hall–Kier alpha value is -1.63. The first-order valence-electron chi connectivity index (χ1n) is 5.63. The second-order valence-electron chi connectivity index (χ2n) is 4.42. The third-order valence-electron chi connectivity index (χ3n) is 2.24. The quantitative estimate of drug-likeness (QED) is 0.530. The van der Waals surface area contributed by atoms with E-state index in [9.17, 15) is 14.4 Å². The van der Waals surface area contributed by atoms with Gasteiger partial charge in [-0.25, -0.2) is 4.79 Å². The van der Waals surface area contributed by atoms with Gasteiger partial charge in [-0.2, -0.15) is 0 Å². The Morgan fingerprint density at radius 2 is 1.89 bits per heavy atom. The monoisotopic (exact) mass is 260 g/mol. The van der Waals surface area contributed by atoms with Crippen LogP contribution in [0.25, 0.3) is 0 Å². The first kappa shape index (κ1) is 16.4. The maximum atomic E-state index is 11.6. The fourth-order valence-corrected chi connectivity index (χ4v) is 1.39. The van der Waals surface area contributed by atoms with Gasteiger partial charge in [0.2, 0.25) is 5.91 Å². The topological polar surface area (TPSA) is 119 Å². The molecule has 0 spiro atoms. The Balaban J connectivity index is 4.52. The summed E-state index contributed by atoms with van der Waals surface area (Å²) in [6, 6.07) is -1.98. The molecule has 2 atom stereocenters. The Labute approximate surface area is 106 Å². The zero-order chi connectivity index (χ0) is 14.3. The number of amides is 1. The lowest BCUT2D eigenvalue weighted by atomic mass is 10.0. The van der Waals surface area contributed by atoms with Crippen LogP contribution >= 0.6 is 0 Å². The first-order chi connectivity index (χ1) is 8.27. The van der Waals surface area contributed by atoms with E-state index in [4.69, 9.17) is 10.8 Å². The molecule has 0 heterocycles. The van der Waals surface area contributed by atoms with Crippen LogP contribution in [0.1, 0.15) is 26.7 Å². The van der Waals surface area contributed by atoms with E-state index >= 15 is 0 Å². The molecule has 0 aromatic heterocycles. The van der Waals surface area contributed by atoms with Crippen molar-refractivity contribution in [2.45, 2.75) is 38.8 Å². The predicted octanol–water partition coefficient (Wildman–Crippen LogP) is -0.508. The van der Waals surface area contributed by atoms with Crippen LogP contribution in [-0.2, 0) is 19.1 Å². The number of aliphatic carboxylic acids is 1. The van der Waals surface area contributed by atoms with Gasteiger partial charge in [0, 0.05) is 0 Å². The number of carboxylic acid groups (broad SMARTS) is 1. The normalized spacial score (nSPS) is 13.8. The average molecular weight is 260 g/mol. The molecule has 0 bridgehead atoms. The van der Waals surface area contributed by atoms with Crippen molar-refractivity contribution in [2.75, 3.05) is 7.11 Å². The van der Waals surface area contributed by atoms with Gasteiger partial charge >= 0.3 is 11.9 Å². The second-order valence-corrected chi connectivity index (χ2v) is 4.42. The van der Waals surface area contributed by atoms with Gasteiger partial charge in [-0.1, -0.05) is 13.8 Å². The van der Waals surface area contributed by atoms with Gasteiger partial charge in [0.25, 0.3) is 0 Å². The standard InChI is InChI=1S/C11H20N2O5/c1-6(2)4-8(11(17)18-3)13-10(16)7(12)5-9(14)15/h6-8H,4-5,12H2,1-3H3,(H,13,16)(H,14,15)/t7?,8-/m0/s1. The van der Waals surface area contributed by atoms with Crippen molar-refractivity contribution in [1.82, 2.24) is 5.32 Å². The van der Waals surface area contributed by atoms with E-state index in [-0.39, 0.29) is 5.92 Å². The lowest BCUT2D eigenvalue weighted by Gasteiger charge is -2.20. The number of carboxylic acids is 1. The van der Waals surface area contributed by atoms with E-state index in [2.05, 4.69) is 10.1 Å². The van der Waals surface area contributed by atoms with Crippen LogP contribution in [0.4, 0.5) is 0 Å². The summed E-state index contributed by atoms with van der Waals surface area (Å²) in [5.41, 5.74) is 5.39. The van der Waals surface area contributed by atoms with Gasteiger partial charge < -0.3 is 20.9 Å².